The summed E-state index contributed by atoms with van der Waals surface area (Å²) < 4.78 is 26.5. The van der Waals surface area contributed by atoms with Crippen molar-refractivity contribution in [2.45, 2.75) is 31.2 Å². The molecule has 2 aliphatic rings. The monoisotopic (exact) mass is 378 g/mol. The van der Waals surface area contributed by atoms with Crippen LogP contribution in [0.1, 0.15) is 30.4 Å². The molecule has 11 heteroatoms. The number of sulfonamides is 1. The number of carbonyl (C=O) groups excluding carboxylic acids is 1. The van der Waals surface area contributed by atoms with Gasteiger partial charge in [0.1, 0.15) is 0 Å². The number of aryl methyl sites for hydroxylation is 1. The van der Waals surface area contributed by atoms with Gasteiger partial charge in [-0.25, -0.2) is 12.7 Å². The third-order valence-corrected chi connectivity index (χ3v) is 6.74. The highest BCUT2D eigenvalue weighted by Gasteiger charge is 2.47. The predicted octanol–water partition coefficient (Wildman–Crippen LogP) is 0.490. The van der Waals surface area contributed by atoms with Gasteiger partial charge in [-0.05, 0) is 30.4 Å². The number of carbonyl (C=O) groups is 1. The van der Waals surface area contributed by atoms with Crippen molar-refractivity contribution in [1.82, 2.24) is 9.62 Å². The van der Waals surface area contributed by atoms with Gasteiger partial charge in [0.2, 0.25) is 23.8 Å². The van der Waals surface area contributed by atoms with Crippen LogP contribution in [0.2, 0.25) is 0 Å². The lowest BCUT2D eigenvalue weighted by molar-refractivity contribution is -0.385. The van der Waals surface area contributed by atoms with Crippen LogP contribution >= 0.6 is 0 Å². The Morgan fingerprint density at radius 1 is 1.42 bits per heavy atom. The number of aliphatic imine (C=N–C) groups is 1. The van der Waals surface area contributed by atoms with Crippen LogP contribution in [0.15, 0.2) is 23.2 Å². The van der Waals surface area contributed by atoms with Gasteiger partial charge >= 0.3 is 0 Å². The lowest BCUT2D eigenvalue weighted by Crippen LogP contribution is -2.62. The quantitative estimate of drug-likeness (QED) is 0.431. The maximum atomic E-state index is 12.7. The fourth-order valence-electron chi connectivity index (χ4n) is 3.61. The number of nitrogens with one attached hydrogen (secondary N) is 1. The van der Waals surface area contributed by atoms with E-state index in [1.807, 2.05) is 0 Å². The Kier molecular flexibility index (Phi) is 4.51. The summed E-state index contributed by atoms with van der Waals surface area (Å²) in [5.74, 6) is -0.829. The summed E-state index contributed by atoms with van der Waals surface area (Å²) in [5, 5.41) is 14.3. The maximum absolute atomic E-state index is 12.7. The van der Waals surface area contributed by atoms with E-state index in [9.17, 15) is 23.3 Å². The summed E-state index contributed by atoms with van der Waals surface area (Å²) in [6.07, 6.45) is 2.79. The SMILES string of the molecule is BC(=O)N=C1N[C@@]2(CCCCc3ccc([N+](=O)[O-])cc32)CS(=O)(=O)N1C. The Bertz CT molecular complexity index is 917. The summed E-state index contributed by atoms with van der Waals surface area (Å²) in [5.41, 5.74) is 0.338. The lowest BCUT2D eigenvalue weighted by Gasteiger charge is -2.43. The molecule has 1 fully saturated rings. The number of nitrogens with zero attached hydrogens (tertiary/aromatic N) is 3. The molecule has 0 bridgehead atoms. The van der Waals surface area contributed by atoms with E-state index in [1.165, 1.54) is 27.0 Å². The second kappa shape index (κ2) is 6.38. The molecule has 0 unspecified atom stereocenters. The van der Waals surface area contributed by atoms with Crippen molar-refractivity contribution in [2.24, 2.45) is 4.99 Å². The minimum absolute atomic E-state index is 0.0527. The van der Waals surface area contributed by atoms with Crippen LogP contribution in [0.3, 0.4) is 0 Å². The van der Waals surface area contributed by atoms with Crippen molar-refractivity contribution in [3.63, 3.8) is 0 Å². The average Bonchev–Trinajstić information content (AvgIpc) is 2.71. The summed E-state index contributed by atoms with van der Waals surface area (Å²) in [7, 11) is -1.16. The highest BCUT2D eigenvalue weighted by Crippen LogP contribution is 2.39. The Labute approximate surface area is 152 Å². The minimum Gasteiger partial charge on any atom is -0.344 e. The van der Waals surface area contributed by atoms with Crippen molar-refractivity contribution in [3.8, 4) is 0 Å². The van der Waals surface area contributed by atoms with Gasteiger partial charge in [-0.2, -0.15) is 4.99 Å². The smallest absolute Gasteiger partial charge is 0.269 e. The van der Waals surface area contributed by atoms with Gasteiger partial charge in [0.05, 0.1) is 16.2 Å². The third-order valence-electron chi connectivity index (χ3n) is 4.88. The van der Waals surface area contributed by atoms with E-state index < -0.39 is 26.3 Å². The number of non-ortho nitro benzene ring substituents is 1. The first-order chi connectivity index (χ1) is 12.1. The summed E-state index contributed by atoms with van der Waals surface area (Å²) in [4.78, 5) is 26.0. The Morgan fingerprint density at radius 3 is 2.81 bits per heavy atom. The topological polar surface area (TPSA) is 122 Å². The number of rotatable bonds is 1. The molecule has 0 radical (unpaired) electrons. The standard InChI is InChI=1S/C15H19BN4O5S/c1-19-14(17-13(16)21)18-15(9-26(19,24)25)7-3-2-4-10-5-6-11(20(22)23)8-12(10)15/h5-6,8H,2-4,7,9,16H2,1H3,(H,17,18,21)/t15-/m0/s1. The molecule has 1 aromatic carbocycles. The lowest BCUT2D eigenvalue weighted by atomic mass is 9.85. The first-order valence-electron chi connectivity index (χ1n) is 8.26. The molecule has 1 aliphatic carbocycles. The Balaban J connectivity index is 2.21. The van der Waals surface area contributed by atoms with Crippen LogP contribution in [0.4, 0.5) is 10.5 Å². The second-order valence-corrected chi connectivity index (χ2v) is 8.69. The van der Waals surface area contributed by atoms with E-state index in [-0.39, 0.29) is 17.4 Å². The number of benzene rings is 1. The van der Waals surface area contributed by atoms with Crippen LogP contribution in [-0.2, 0) is 22.0 Å². The molecule has 1 aromatic rings. The average molecular weight is 378 g/mol. The van der Waals surface area contributed by atoms with Gasteiger partial charge in [0, 0.05) is 19.2 Å². The van der Waals surface area contributed by atoms with Crippen LogP contribution < -0.4 is 5.32 Å². The molecule has 1 amide bonds. The van der Waals surface area contributed by atoms with Gasteiger partial charge < -0.3 is 5.32 Å². The fourth-order valence-corrected chi connectivity index (χ4v) is 5.15. The van der Waals surface area contributed by atoms with Crippen molar-refractivity contribution in [1.29, 1.82) is 0 Å². The molecule has 26 heavy (non-hydrogen) atoms. The molecule has 3 rings (SSSR count). The fraction of sp³-hybridized carbons (Fsp3) is 0.467. The number of hydrogen-bond acceptors (Lipinski definition) is 5. The maximum Gasteiger partial charge on any atom is 0.269 e. The Morgan fingerprint density at radius 2 is 2.15 bits per heavy atom. The van der Waals surface area contributed by atoms with Crippen molar-refractivity contribution in [2.75, 3.05) is 12.8 Å². The van der Waals surface area contributed by atoms with E-state index in [2.05, 4.69) is 10.3 Å². The third kappa shape index (κ3) is 3.18. The van der Waals surface area contributed by atoms with Crippen LogP contribution in [-0.4, -0.2) is 50.1 Å². The molecule has 1 heterocycles. The van der Waals surface area contributed by atoms with Crippen LogP contribution in [0.25, 0.3) is 0 Å². The number of nitro groups is 1. The van der Waals surface area contributed by atoms with Crippen LogP contribution in [0.5, 0.6) is 0 Å². The number of nitro benzene ring substituents is 1. The highest BCUT2D eigenvalue weighted by atomic mass is 32.2. The van der Waals surface area contributed by atoms with E-state index in [0.29, 0.717) is 18.4 Å². The first-order valence-corrected chi connectivity index (χ1v) is 9.87. The molecular formula is C15H19BN4O5S. The second-order valence-electron chi connectivity index (χ2n) is 6.69. The minimum atomic E-state index is -3.74. The van der Waals surface area contributed by atoms with Gasteiger partial charge in [-0.1, -0.05) is 12.5 Å². The van der Waals surface area contributed by atoms with E-state index >= 15 is 0 Å². The largest absolute Gasteiger partial charge is 0.344 e. The van der Waals surface area contributed by atoms with E-state index in [0.717, 1.165) is 22.7 Å². The molecule has 1 atom stereocenters. The number of fused-ring (bicyclic) bond motifs is 2. The molecule has 1 saturated heterocycles. The zero-order valence-electron chi connectivity index (χ0n) is 14.6. The predicted molar refractivity (Wildman–Crippen MR) is 98.4 cm³/mol. The molecule has 1 N–H and O–H groups in total. The van der Waals surface area contributed by atoms with E-state index in [1.54, 1.807) is 6.07 Å². The van der Waals surface area contributed by atoms with Crippen molar-refractivity contribution >= 4 is 35.3 Å². The molecular weight excluding hydrogens is 359 g/mol. The van der Waals surface area contributed by atoms with Gasteiger partial charge in [-0.15, -0.1) is 0 Å². The number of amides is 1. The normalized spacial score (nSPS) is 26.0. The molecule has 1 spiro atoms. The summed E-state index contributed by atoms with van der Waals surface area (Å²) >= 11 is 0. The van der Waals surface area contributed by atoms with Crippen molar-refractivity contribution in [3.05, 3.63) is 39.4 Å². The molecule has 138 valence electrons. The zero-order chi connectivity index (χ0) is 19.1. The van der Waals surface area contributed by atoms with Crippen LogP contribution in [0, 0.1) is 10.1 Å². The van der Waals surface area contributed by atoms with Gasteiger partial charge in [0.15, 0.2) is 5.81 Å². The Hall–Kier alpha value is -2.43. The zero-order valence-corrected chi connectivity index (χ0v) is 15.4. The highest BCUT2D eigenvalue weighted by molar-refractivity contribution is 7.89. The molecule has 0 saturated carbocycles. The molecule has 1 aliphatic heterocycles. The van der Waals surface area contributed by atoms with Gasteiger partial charge in [0.25, 0.3) is 5.69 Å². The molecule has 0 aromatic heterocycles. The van der Waals surface area contributed by atoms with Crippen molar-refractivity contribution < 1.29 is 18.1 Å². The number of hydrogen-bond donors (Lipinski definition) is 1. The molecule has 9 nitrogen and oxygen atoms in total. The first kappa shape index (κ1) is 18.4. The van der Waals surface area contributed by atoms with Gasteiger partial charge in [-0.3, -0.25) is 14.9 Å². The van der Waals surface area contributed by atoms with E-state index in [4.69, 9.17) is 0 Å². The number of guanidine groups is 1. The summed E-state index contributed by atoms with van der Waals surface area (Å²) in [6.45, 7) is 0. The summed E-state index contributed by atoms with van der Waals surface area (Å²) in [6, 6.07) is 4.57.